The van der Waals surface area contributed by atoms with E-state index in [4.69, 9.17) is 0 Å². The molecule has 0 fully saturated rings. The molecule has 6 heteroatoms. The molecule has 0 spiro atoms. The van der Waals surface area contributed by atoms with Gasteiger partial charge in [-0.2, -0.15) is 0 Å². The lowest BCUT2D eigenvalue weighted by molar-refractivity contribution is 0.0948. The number of aryl methyl sites for hydroxylation is 1. The molecule has 0 atom stereocenters. The molecule has 5 nitrogen and oxygen atoms in total. The summed E-state index contributed by atoms with van der Waals surface area (Å²) in [7, 11) is 0. The second-order valence-electron chi connectivity index (χ2n) is 5.15. The van der Waals surface area contributed by atoms with Crippen molar-refractivity contribution in [2.24, 2.45) is 0 Å². The van der Waals surface area contributed by atoms with Crippen LogP contribution in [0, 0.1) is 0 Å². The van der Waals surface area contributed by atoms with E-state index in [2.05, 4.69) is 41.0 Å². The molecule has 112 valence electrons. The van der Waals surface area contributed by atoms with Crippen LogP contribution in [0.5, 0.6) is 0 Å². The number of nitrogens with zero attached hydrogens (tertiary/aromatic N) is 3. The Morgan fingerprint density at radius 1 is 1.43 bits per heavy atom. The Balaban J connectivity index is 2.01. The number of nitrogens with one attached hydrogen (secondary N) is 1. The van der Waals surface area contributed by atoms with Crippen molar-refractivity contribution in [1.29, 1.82) is 0 Å². The van der Waals surface area contributed by atoms with Crippen LogP contribution in [0.1, 0.15) is 59.9 Å². The van der Waals surface area contributed by atoms with E-state index in [1.807, 2.05) is 5.38 Å². The molecule has 0 radical (unpaired) electrons. The van der Waals surface area contributed by atoms with Crippen LogP contribution in [0.2, 0.25) is 0 Å². The SMILES string of the molecule is CCCc1ncncc1C(=O)NCc1csc(C(C)C)n1. The molecule has 1 N–H and O–H groups in total. The van der Waals surface area contributed by atoms with Gasteiger partial charge in [-0.15, -0.1) is 11.3 Å². The molecule has 0 aliphatic rings. The van der Waals surface area contributed by atoms with Gasteiger partial charge in [-0.3, -0.25) is 4.79 Å². The van der Waals surface area contributed by atoms with Gasteiger partial charge in [0, 0.05) is 17.5 Å². The molecule has 2 aromatic heterocycles. The van der Waals surface area contributed by atoms with Gasteiger partial charge in [0.2, 0.25) is 0 Å². The van der Waals surface area contributed by atoms with Crippen LogP contribution in [-0.2, 0) is 13.0 Å². The third-order valence-corrected chi connectivity index (χ3v) is 4.21. The van der Waals surface area contributed by atoms with Crippen LogP contribution in [0.3, 0.4) is 0 Å². The number of rotatable bonds is 6. The number of carbonyl (C=O) groups excluding carboxylic acids is 1. The highest BCUT2D eigenvalue weighted by Crippen LogP contribution is 2.19. The Kier molecular flexibility index (Phi) is 5.38. The van der Waals surface area contributed by atoms with E-state index >= 15 is 0 Å². The lowest BCUT2D eigenvalue weighted by Crippen LogP contribution is -2.24. The van der Waals surface area contributed by atoms with Crippen molar-refractivity contribution in [2.45, 2.75) is 46.1 Å². The van der Waals surface area contributed by atoms with Gasteiger partial charge < -0.3 is 5.32 Å². The lowest BCUT2D eigenvalue weighted by atomic mass is 10.1. The summed E-state index contributed by atoms with van der Waals surface area (Å²) in [5.74, 6) is 0.274. The van der Waals surface area contributed by atoms with E-state index in [0.717, 1.165) is 29.2 Å². The zero-order valence-corrected chi connectivity index (χ0v) is 13.4. The summed E-state index contributed by atoms with van der Waals surface area (Å²) in [4.78, 5) is 24.9. The second-order valence-corrected chi connectivity index (χ2v) is 6.04. The maximum Gasteiger partial charge on any atom is 0.255 e. The van der Waals surface area contributed by atoms with Crippen molar-refractivity contribution >= 4 is 17.2 Å². The third kappa shape index (κ3) is 4.07. The number of thiazole rings is 1. The highest BCUT2D eigenvalue weighted by Gasteiger charge is 2.13. The summed E-state index contributed by atoms with van der Waals surface area (Å²) >= 11 is 1.63. The van der Waals surface area contributed by atoms with Gasteiger partial charge in [0.25, 0.3) is 5.91 Å². The standard InChI is InChI=1S/C15H20N4OS/c1-4-5-13-12(7-16-9-18-13)14(20)17-6-11-8-21-15(19-11)10(2)3/h7-10H,4-6H2,1-3H3,(H,17,20). The highest BCUT2D eigenvalue weighted by atomic mass is 32.1. The molecule has 2 rings (SSSR count). The van der Waals surface area contributed by atoms with Crippen LogP contribution < -0.4 is 5.32 Å². The van der Waals surface area contributed by atoms with Crippen LogP contribution >= 0.6 is 11.3 Å². The smallest absolute Gasteiger partial charge is 0.255 e. The molecule has 2 aromatic rings. The molecule has 0 saturated heterocycles. The maximum absolute atomic E-state index is 12.2. The summed E-state index contributed by atoms with van der Waals surface area (Å²) < 4.78 is 0. The van der Waals surface area contributed by atoms with Crippen molar-refractivity contribution in [3.8, 4) is 0 Å². The highest BCUT2D eigenvalue weighted by molar-refractivity contribution is 7.09. The molecule has 0 unspecified atom stereocenters. The average Bonchev–Trinajstić information content (AvgIpc) is 2.95. The summed E-state index contributed by atoms with van der Waals surface area (Å²) in [6, 6.07) is 0. The molecule has 1 amide bonds. The van der Waals surface area contributed by atoms with Crippen LogP contribution in [-0.4, -0.2) is 20.9 Å². The lowest BCUT2D eigenvalue weighted by Gasteiger charge is -2.07. The monoisotopic (exact) mass is 304 g/mol. The summed E-state index contributed by atoms with van der Waals surface area (Å²) in [6.07, 6.45) is 4.78. The summed E-state index contributed by atoms with van der Waals surface area (Å²) in [5.41, 5.74) is 2.25. The van der Waals surface area contributed by atoms with Crippen molar-refractivity contribution in [3.63, 3.8) is 0 Å². The molecular weight excluding hydrogens is 284 g/mol. The van der Waals surface area contributed by atoms with Crippen molar-refractivity contribution in [1.82, 2.24) is 20.3 Å². The topological polar surface area (TPSA) is 67.8 Å². The van der Waals surface area contributed by atoms with Gasteiger partial charge >= 0.3 is 0 Å². The predicted octanol–water partition coefficient (Wildman–Crippen LogP) is 2.94. The minimum Gasteiger partial charge on any atom is -0.346 e. The molecule has 2 heterocycles. The normalized spacial score (nSPS) is 10.9. The van der Waals surface area contributed by atoms with Crippen molar-refractivity contribution < 1.29 is 4.79 Å². The Morgan fingerprint density at radius 2 is 2.24 bits per heavy atom. The first kappa shape index (κ1) is 15.6. The van der Waals surface area contributed by atoms with Gasteiger partial charge in [-0.1, -0.05) is 27.2 Å². The first-order valence-electron chi connectivity index (χ1n) is 7.13. The van der Waals surface area contributed by atoms with Crippen molar-refractivity contribution in [3.05, 3.63) is 39.9 Å². The molecule has 0 bridgehead atoms. The first-order chi connectivity index (χ1) is 10.1. The van der Waals surface area contributed by atoms with E-state index in [1.54, 1.807) is 17.5 Å². The molecule has 0 aromatic carbocycles. The Hall–Kier alpha value is -1.82. The van der Waals surface area contributed by atoms with Crippen LogP contribution in [0.4, 0.5) is 0 Å². The van der Waals surface area contributed by atoms with Gasteiger partial charge in [-0.25, -0.2) is 15.0 Å². The van der Waals surface area contributed by atoms with Crippen LogP contribution in [0.15, 0.2) is 17.9 Å². The van der Waals surface area contributed by atoms with Gasteiger partial charge in [0.15, 0.2) is 0 Å². The number of carbonyl (C=O) groups is 1. The van der Waals surface area contributed by atoms with E-state index < -0.39 is 0 Å². The summed E-state index contributed by atoms with van der Waals surface area (Å²) in [5, 5.41) is 5.97. The van der Waals surface area contributed by atoms with E-state index in [9.17, 15) is 4.79 Å². The maximum atomic E-state index is 12.2. The molecule has 0 aliphatic carbocycles. The van der Waals surface area contributed by atoms with Crippen molar-refractivity contribution in [2.75, 3.05) is 0 Å². The molecule has 0 saturated carbocycles. The second kappa shape index (κ2) is 7.26. The first-order valence-corrected chi connectivity index (χ1v) is 8.01. The minimum atomic E-state index is -0.141. The zero-order chi connectivity index (χ0) is 15.2. The van der Waals surface area contributed by atoms with Crippen LogP contribution in [0.25, 0.3) is 0 Å². The molecule has 0 aliphatic heterocycles. The number of hydrogen-bond acceptors (Lipinski definition) is 5. The quantitative estimate of drug-likeness (QED) is 0.891. The van der Waals surface area contributed by atoms with E-state index in [-0.39, 0.29) is 5.91 Å². The van der Waals surface area contributed by atoms with E-state index in [1.165, 1.54) is 6.33 Å². The fourth-order valence-electron chi connectivity index (χ4n) is 1.92. The van der Waals surface area contributed by atoms with Gasteiger partial charge in [0.1, 0.15) is 6.33 Å². The van der Waals surface area contributed by atoms with Gasteiger partial charge in [0.05, 0.1) is 28.5 Å². The molecule has 21 heavy (non-hydrogen) atoms. The third-order valence-electron chi connectivity index (χ3n) is 3.02. The predicted molar refractivity (Wildman–Crippen MR) is 83.4 cm³/mol. The fourth-order valence-corrected chi connectivity index (χ4v) is 2.75. The fraction of sp³-hybridized carbons (Fsp3) is 0.467. The number of amides is 1. The Labute approximate surface area is 128 Å². The summed E-state index contributed by atoms with van der Waals surface area (Å²) in [6.45, 7) is 6.72. The average molecular weight is 304 g/mol. The van der Waals surface area contributed by atoms with E-state index in [0.29, 0.717) is 18.0 Å². The largest absolute Gasteiger partial charge is 0.346 e. The Morgan fingerprint density at radius 3 is 2.90 bits per heavy atom. The van der Waals surface area contributed by atoms with Gasteiger partial charge in [-0.05, 0) is 6.42 Å². The minimum absolute atomic E-state index is 0.141. The Bertz CT molecular complexity index is 609. The zero-order valence-electron chi connectivity index (χ0n) is 12.6. The molecular formula is C15H20N4OS. The number of hydrogen-bond donors (Lipinski definition) is 1. The number of aromatic nitrogens is 3.